The smallest absolute Gasteiger partial charge is 1.00 e. The summed E-state index contributed by atoms with van der Waals surface area (Å²) in [4.78, 5) is 2.74. The van der Waals surface area contributed by atoms with Gasteiger partial charge in [-0.3, -0.25) is 0 Å². The molecule has 1 rings (SSSR count). The molecule has 0 unspecified atom stereocenters. The van der Waals surface area contributed by atoms with E-state index in [9.17, 15) is 0 Å². The normalized spacial score (nSPS) is 5.00. The maximum absolute atomic E-state index is 2.74. The van der Waals surface area contributed by atoms with Crippen molar-refractivity contribution in [2.75, 3.05) is 0 Å². The molecule has 0 aliphatic heterocycles. The molecule has 8 heavy (non-hydrogen) atoms. The molecule has 0 amide bonds. The number of nitrogens with one attached hydrogen (secondary N) is 1. The van der Waals surface area contributed by atoms with Gasteiger partial charge in [-0.1, -0.05) is 0 Å². The van der Waals surface area contributed by atoms with Crippen LogP contribution in [0.3, 0.4) is 0 Å². The molecule has 1 heterocycles. The molecule has 1 radical (unpaired) electrons. The molecule has 1 aromatic rings. The summed E-state index contributed by atoms with van der Waals surface area (Å²) in [7, 11) is 0. The quantitative estimate of drug-likeness (QED) is 0.245. The largest absolute Gasteiger partial charge is 3.00 e. The van der Waals surface area contributed by atoms with E-state index in [1.807, 2.05) is 18.3 Å². The first kappa shape index (κ1) is 16.2. The minimum absolute atomic E-state index is 0. The van der Waals surface area contributed by atoms with Crippen molar-refractivity contribution in [3.63, 3.8) is 0 Å². The van der Waals surface area contributed by atoms with E-state index in [-0.39, 0.29) is 67.4 Å². The average Bonchev–Trinajstić information content (AvgIpc) is 1.76. The van der Waals surface area contributed by atoms with Gasteiger partial charge in [0.2, 0.25) is 0 Å². The second-order valence-corrected chi connectivity index (χ2v) is 0.814. The van der Waals surface area contributed by atoms with Crippen LogP contribution < -0.4 is 48.0 Å². The zero-order valence-corrected chi connectivity index (χ0v) is 9.89. The van der Waals surface area contributed by atoms with Crippen molar-refractivity contribution in [3.05, 3.63) is 24.5 Å². The minimum Gasteiger partial charge on any atom is -1.00 e. The Labute approximate surface area is 95.8 Å². The van der Waals surface area contributed by atoms with Crippen molar-refractivity contribution in [2.45, 2.75) is 0 Å². The van der Waals surface area contributed by atoms with Crippen molar-refractivity contribution in [2.24, 2.45) is 0 Å². The van der Waals surface area contributed by atoms with E-state index in [0.29, 0.717) is 0 Å². The van der Waals surface area contributed by atoms with Crippen LogP contribution >= 0.6 is 0 Å². The first-order valence-electron chi connectivity index (χ1n) is 1.49. The van der Waals surface area contributed by atoms with Crippen LogP contribution in [0.2, 0.25) is 0 Å². The molecule has 0 atom stereocenters. The number of aromatic nitrogens is 1. The van der Waals surface area contributed by atoms with Gasteiger partial charge in [-0.05, 0) is 0 Å². The van der Waals surface area contributed by atoms with Crippen LogP contribution in [0.25, 0.3) is 0 Å². The molecule has 0 aromatic carbocycles. The SMILES string of the molecule is [I-].[I-].[Ru+3].[c-]1ccc[nH]1. The maximum atomic E-state index is 2.74. The van der Waals surface area contributed by atoms with E-state index in [1.165, 1.54) is 0 Å². The second-order valence-electron chi connectivity index (χ2n) is 0.814. The Kier molecular flexibility index (Phi) is 22.6. The standard InChI is InChI=1S/C4H4N.2HI.Ru/c1-2-4-5-3-1;;;/h1-3,5H;2*1H;/q-1;;;+3/p-2. The number of halogens is 2. The molecular weight excluding hydrogens is 417 g/mol. The molecule has 0 aliphatic carbocycles. The maximum Gasteiger partial charge on any atom is 3.00 e. The third-order valence-corrected chi connectivity index (χ3v) is 0.442. The summed E-state index contributed by atoms with van der Waals surface area (Å²) in [5.41, 5.74) is 0. The summed E-state index contributed by atoms with van der Waals surface area (Å²) in [5, 5.41) is 0. The molecule has 1 aromatic heterocycles. The van der Waals surface area contributed by atoms with Crippen LogP contribution in [0.1, 0.15) is 0 Å². The number of hydrogen-bond acceptors (Lipinski definition) is 0. The molecular formula is C4H4I2NRu. The van der Waals surface area contributed by atoms with E-state index in [4.69, 9.17) is 0 Å². The van der Waals surface area contributed by atoms with Gasteiger partial charge in [0.15, 0.2) is 0 Å². The first-order chi connectivity index (χ1) is 2.50. The van der Waals surface area contributed by atoms with Gasteiger partial charge in [0.25, 0.3) is 0 Å². The Morgan fingerprint density at radius 2 is 1.88 bits per heavy atom. The van der Waals surface area contributed by atoms with Gasteiger partial charge < -0.3 is 52.9 Å². The van der Waals surface area contributed by atoms with E-state index in [1.54, 1.807) is 0 Å². The second kappa shape index (κ2) is 11.2. The summed E-state index contributed by atoms with van der Waals surface area (Å²) < 4.78 is 0. The molecule has 0 saturated heterocycles. The average molecular weight is 421 g/mol. The third kappa shape index (κ3) is 7.36. The van der Waals surface area contributed by atoms with E-state index in [0.717, 1.165) is 0 Å². The first-order valence-corrected chi connectivity index (χ1v) is 1.49. The number of hydrogen-bond donors (Lipinski definition) is 1. The zero-order valence-electron chi connectivity index (χ0n) is 3.84. The monoisotopic (exact) mass is 422 g/mol. The molecule has 1 N–H and O–H groups in total. The van der Waals surface area contributed by atoms with Gasteiger partial charge in [0.1, 0.15) is 0 Å². The van der Waals surface area contributed by atoms with Crippen molar-refractivity contribution in [1.82, 2.24) is 4.98 Å². The Hall–Kier alpha value is 1.36. The summed E-state index contributed by atoms with van der Waals surface area (Å²) in [6, 6.07) is 3.71. The van der Waals surface area contributed by atoms with Crippen molar-refractivity contribution in [1.29, 1.82) is 0 Å². The Morgan fingerprint density at radius 1 is 1.25 bits per heavy atom. The Balaban J connectivity index is -0.0000000833. The number of aromatic amines is 1. The summed E-state index contributed by atoms with van der Waals surface area (Å²) in [6.07, 6.45) is 4.56. The van der Waals surface area contributed by atoms with Crippen LogP contribution in [0.5, 0.6) is 0 Å². The molecule has 0 fully saturated rings. The molecule has 0 saturated carbocycles. The molecule has 47 valence electrons. The fourth-order valence-electron chi connectivity index (χ4n) is 0.241. The third-order valence-electron chi connectivity index (χ3n) is 0.442. The van der Waals surface area contributed by atoms with Gasteiger partial charge in [-0.25, -0.2) is 0 Å². The zero-order chi connectivity index (χ0) is 3.54. The number of H-pyrrole nitrogens is 1. The molecule has 0 spiro atoms. The van der Waals surface area contributed by atoms with E-state index in [2.05, 4.69) is 11.2 Å². The van der Waals surface area contributed by atoms with Gasteiger partial charge >= 0.3 is 19.5 Å². The van der Waals surface area contributed by atoms with Crippen LogP contribution in [-0.2, 0) is 19.5 Å². The molecule has 0 bridgehead atoms. The van der Waals surface area contributed by atoms with Crippen molar-refractivity contribution < 1.29 is 67.4 Å². The predicted octanol–water partition coefficient (Wildman–Crippen LogP) is -5.18. The Morgan fingerprint density at radius 3 is 2.00 bits per heavy atom. The number of rotatable bonds is 0. The fraction of sp³-hybridized carbons (Fsp3) is 0. The summed E-state index contributed by atoms with van der Waals surface area (Å²) >= 11 is 0. The van der Waals surface area contributed by atoms with Gasteiger partial charge in [-0.2, -0.15) is 18.3 Å². The van der Waals surface area contributed by atoms with E-state index >= 15 is 0 Å². The minimum atomic E-state index is 0. The van der Waals surface area contributed by atoms with Crippen LogP contribution in [0, 0.1) is 6.20 Å². The van der Waals surface area contributed by atoms with Gasteiger partial charge in [-0.15, -0.1) is 6.20 Å². The van der Waals surface area contributed by atoms with Crippen LogP contribution in [0.15, 0.2) is 18.3 Å². The van der Waals surface area contributed by atoms with Gasteiger partial charge in [0.05, 0.1) is 0 Å². The van der Waals surface area contributed by atoms with Crippen LogP contribution in [0.4, 0.5) is 0 Å². The van der Waals surface area contributed by atoms with Crippen molar-refractivity contribution in [3.8, 4) is 0 Å². The summed E-state index contributed by atoms with van der Waals surface area (Å²) in [5.74, 6) is 0. The van der Waals surface area contributed by atoms with E-state index < -0.39 is 0 Å². The molecule has 4 heteroatoms. The topological polar surface area (TPSA) is 15.8 Å². The predicted molar refractivity (Wildman–Crippen MR) is 19.6 cm³/mol. The molecule has 0 aliphatic rings. The molecule has 1 nitrogen and oxygen atoms in total. The summed E-state index contributed by atoms with van der Waals surface area (Å²) in [6.45, 7) is 0. The van der Waals surface area contributed by atoms with Crippen LogP contribution in [-0.4, -0.2) is 4.98 Å². The van der Waals surface area contributed by atoms with Crippen molar-refractivity contribution >= 4 is 0 Å². The Bertz CT molecular complexity index is 70.5. The van der Waals surface area contributed by atoms with Gasteiger partial charge in [0, 0.05) is 0 Å². The fourth-order valence-corrected chi connectivity index (χ4v) is 0.241.